The van der Waals surface area contributed by atoms with Gasteiger partial charge >= 0.3 is 0 Å². The zero-order valence-corrected chi connectivity index (χ0v) is 12.9. The van der Waals surface area contributed by atoms with Gasteiger partial charge in [-0.3, -0.25) is 4.79 Å². The molecule has 2 aliphatic rings. The molecule has 2 heterocycles. The van der Waals surface area contributed by atoms with Crippen molar-refractivity contribution in [1.29, 1.82) is 0 Å². The Bertz CT molecular complexity index is 302. The minimum absolute atomic E-state index is 0.0983. The number of likely N-dealkylation sites (tertiary alicyclic amines) is 1. The van der Waals surface area contributed by atoms with Gasteiger partial charge in [-0.2, -0.15) is 0 Å². The lowest BCUT2D eigenvalue weighted by atomic mass is 9.75. The van der Waals surface area contributed by atoms with Crippen LogP contribution in [0.2, 0.25) is 0 Å². The van der Waals surface area contributed by atoms with Crippen molar-refractivity contribution in [2.45, 2.75) is 52.9 Å². The Balaban J connectivity index is 2.04. The zero-order valence-electron chi connectivity index (χ0n) is 12.9. The molecule has 2 aliphatic heterocycles. The molecular weight excluding hydrogens is 236 g/mol. The highest BCUT2D eigenvalue weighted by molar-refractivity contribution is 5.83. The molecule has 110 valence electrons. The van der Waals surface area contributed by atoms with Crippen molar-refractivity contribution in [2.24, 2.45) is 17.3 Å². The fourth-order valence-electron chi connectivity index (χ4n) is 3.80. The summed E-state index contributed by atoms with van der Waals surface area (Å²) in [6.45, 7) is 10.7. The molecule has 0 radical (unpaired) electrons. The van der Waals surface area contributed by atoms with E-state index in [0.717, 1.165) is 51.9 Å². The molecule has 1 amide bonds. The molecule has 3 nitrogen and oxygen atoms in total. The molecule has 0 aromatic carbocycles. The Morgan fingerprint density at radius 3 is 2.79 bits per heavy atom. The molecule has 2 rings (SSSR count). The first-order valence-corrected chi connectivity index (χ1v) is 8.09. The first-order chi connectivity index (χ1) is 9.09. The van der Waals surface area contributed by atoms with Crippen LogP contribution < -0.4 is 5.32 Å². The summed E-state index contributed by atoms with van der Waals surface area (Å²) in [4.78, 5) is 15.1. The van der Waals surface area contributed by atoms with Gasteiger partial charge in [0, 0.05) is 19.6 Å². The molecule has 0 bridgehead atoms. The zero-order chi connectivity index (χ0) is 13.9. The van der Waals surface area contributed by atoms with Gasteiger partial charge in [0.1, 0.15) is 0 Å². The number of nitrogens with one attached hydrogen (secondary N) is 1. The van der Waals surface area contributed by atoms with Crippen molar-refractivity contribution in [1.82, 2.24) is 10.2 Å². The van der Waals surface area contributed by atoms with E-state index in [4.69, 9.17) is 0 Å². The predicted molar refractivity (Wildman–Crippen MR) is 79.0 cm³/mol. The SMILES string of the molecule is CCCC1(C(=O)N2CCC(C(C)C)C2)CCCNC1. The molecule has 2 atom stereocenters. The molecule has 1 N–H and O–H groups in total. The highest BCUT2D eigenvalue weighted by Gasteiger charge is 2.43. The molecule has 2 saturated heterocycles. The number of rotatable bonds is 4. The third-order valence-electron chi connectivity index (χ3n) is 5.11. The molecule has 19 heavy (non-hydrogen) atoms. The van der Waals surface area contributed by atoms with E-state index in [2.05, 4.69) is 31.0 Å². The van der Waals surface area contributed by atoms with Crippen LogP contribution in [0.4, 0.5) is 0 Å². The number of carbonyl (C=O) groups is 1. The molecular formula is C16H30N2O. The van der Waals surface area contributed by atoms with Gasteiger partial charge in [-0.15, -0.1) is 0 Å². The number of nitrogens with zero attached hydrogens (tertiary/aromatic N) is 1. The minimum Gasteiger partial charge on any atom is -0.342 e. The largest absolute Gasteiger partial charge is 0.342 e. The monoisotopic (exact) mass is 266 g/mol. The molecule has 0 spiro atoms. The van der Waals surface area contributed by atoms with E-state index in [1.54, 1.807) is 0 Å². The second-order valence-electron chi connectivity index (χ2n) is 6.85. The van der Waals surface area contributed by atoms with Gasteiger partial charge in [0.15, 0.2) is 0 Å². The van der Waals surface area contributed by atoms with Crippen LogP contribution in [0.25, 0.3) is 0 Å². The van der Waals surface area contributed by atoms with Gasteiger partial charge in [0.05, 0.1) is 5.41 Å². The van der Waals surface area contributed by atoms with Gasteiger partial charge in [-0.25, -0.2) is 0 Å². The van der Waals surface area contributed by atoms with Crippen LogP contribution in [-0.2, 0) is 4.79 Å². The lowest BCUT2D eigenvalue weighted by molar-refractivity contribution is -0.143. The van der Waals surface area contributed by atoms with Crippen LogP contribution in [-0.4, -0.2) is 37.0 Å². The van der Waals surface area contributed by atoms with E-state index in [9.17, 15) is 4.79 Å². The molecule has 3 heteroatoms. The Hall–Kier alpha value is -0.570. The molecule has 0 saturated carbocycles. The van der Waals surface area contributed by atoms with Crippen LogP contribution >= 0.6 is 0 Å². The second-order valence-corrected chi connectivity index (χ2v) is 6.85. The first kappa shape index (κ1) is 14.8. The standard InChI is InChI=1S/C16H30N2O/c1-4-7-16(8-5-9-17-12-16)15(19)18-10-6-14(11-18)13(2)3/h13-14,17H,4-12H2,1-3H3. The number of carbonyl (C=O) groups excluding carboxylic acids is 1. The number of piperidine rings is 1. The number of hydrogen-bond acceptors (Lipinski definition) is 2. The van der Waals surface area contributed by atoms with Crippen LogP contribution in [0.1, 0.15) is 52.9 Å². The maximum Gasteiger partial charge on any atom is 0.230 e. The summed E-state index contributed by atoms with van der Waals surface area (Å²) in [5.74, 6) is 1.84. The third-order valence-corrected chi connectivity index (χ3v) is 5.11. The van der Waals surface area contributed by atoms with Crippen molar-refractivity contribution in [3.05, 3.63) is 0 Å². The predicted octanol–water partition coefficient (Wildman–Crippen LogP) is 2.66. The van der Waals surface area contributed by atoms with Gasteiger partial charge in [-0.1, -0.05) is 27.2 Å². The topological polar surface area (TPSA) is 32.3 Å². The quantitative estimate of drug-likeness (QED) is 0.848. The third kappa shape index (κ3) is 3.13. The van der Waals surface area contributed by atoms with Crippen LogP contribution in [0, 0.1) is 17.3 Å². The summed E-state index contributed by atoms with van der Waals surface area (Å²) in [5.41, 5.74) is -0.0983. The Kier molecular flexibility index (Phi) is 4.88. The molecule has 0 aromatic heterocycles. The number of amides is 1. The van der Waals surface area contributed by atoms with E-state index in [1.807, 2.05) is 0 Å². The van der Waals surface area contributed by atoms with Crippen molar-refractivity contribution < 1.29 is 4.79 Å². The van der Waals surface area contributed by atoms with Crippen LogP contribution in [0.15, 0.2) is 0 Å². The smallest absolute Gasteiger partial charge is 0.230 e. The summed E-state index contributed by atoms with van der Waals surface area (Å²) >= 11 is 0. The van der Waals surface area contributed by atoms with E-state index in [-0.39, 0.29) is 5.41 Å². The maximum absolute atomic E-state index is 13.0. The Morgan fingerprint density at radius 2 is 2.26 bits per heavy atom. The van der Waals surface area contributed by atoms with E-state index in [0.29, 0.717) is 17.7 Å². The van der Waals surface area contributed by atoms with Crippen LogP contribution in [0.3, 0.4) is 0 Å². The molecule has 2 unspecified atom stereocenters. The van der Waals surface area contributed by atoms with Crippen molar-refractivity contribution >= 4 is 5.91 Å². The maximum atomic E-state index is 13.0. The van der Waals surface area contributed by atoms with Gasteiger partial charge in [0.25, 0.3) is 0 Å². The van der Waals surface area contributed by atoms with Gasteiger partial charge in [-0.05, 0) is 44.1 Å². The van der Waals surface area contributed by atoms with E-state index >= 15 is 0 Å². The molecule has 0 aliphatic carbocycles. The highest BCUT2D eigenvalue weighted by Crippen LogP contribution is 2.36. The van der Waals surface area contributed by atoms with Crippen molar-refractivity contribution in [2.75, 3.05) is 26.2 Å². The van der Waals surface area contributed by atoms with Crippen LogP contribution in [0.5, 0.6) is 0 Å². The normalized spacial score (nSPS) is 32.0. The lowest BCUT2D eigenvalue weighted by Crippen LogP contribution is -2.51. The Labute approximate surface area is 118 Å². The van der Waals surface area contributed by atoms with E-state index < -0.39 is 0 Å². The molecule has 2 fully saturated rings. The highest BCUT2D eigenvalue weighted by atomic mass is 16.2. The second kappa shape index (κ2) is 6.25. The fraction of sp³-hybridized carbons (Fsp3) is 0.938. The average Bonchev–Trinajstić information content (AvgIpc) is 2.89. The van der Waals surface area contributed by atoms with Gasteiger partial charge < -0.3 is 10.2 Å². The van der Waals surface area contributed by atoms with E-state index in [1.165, 1.54) is 6.42 Å². The van der Waals surface area contributed by atoms with Gasteiger partial charge in [0.2, 0.25) is 5.91 Å². The Morgan fingerprint density at radius 1 is 1.47 bits per heavy atom. The van der Waals surface area contributed by atoms with Crippen molar-refractivity contribution in [3.63, 3.8) is 0 Å². The number of hydrogen-bond donors (Lipinski definition) is 1. The molecule has 0 aromatic rings. The fourth-order valence-corrected chi connectivity index (χ4v) is 3.80. The summed E-state index contributed by atoms with van der Waals surface area (Å²) < 4.78 is 0. The van der Waals surface area contributed by atoms with Crippen molar-refractivity contribution in [3.8, 4) is 0 Å². The summed E-state index contributed by atoms with van der Waals surface area (Å²) in [6, 6.07) is 0. The first-order valence-electron chi connectivity index (χ1n) is 8.09. The summed E-state index contributed by atoms with van der Waals surface area (Å²) in [5, 5.41) is 3.45. The average molecular weight is 266 g/mol. The minimum atomic E-state index is -0.0983. The summed E-state index contributed by atoms with van der Waals surface area (Å²) in [7, 11) is 0. The lowest BCUT2D eigenvalue weighted by Gasteiger charge is -2.39. The summed E-state index contributed by atoms with van der Waals surface area (Å²) in [6.07, 6.45) is 5.57.